The Morgan fingerprint density at radius 2 is 2.06 bits per heavy atom. The van der Waals surface area contributed by atoms with Gasteiger partial charge in [0.1, 0.15) is 0 Å². The molecule has 1 aliphatic rings. The summed E-state index contributed by atoms with van der Waals surface area (Å²) >= 11 is 0. The molecular formula is C13H17NO3S. The number of hydrogen-bond acceptors (Lipinski definition) is 3. The Morgan fingerprint density at radius 1 is 1.39 bits per heavy atom. The van der Waals surface area contributed by atoms with Gasteiger partial charge in [-0.1, -0.05) is 0 Å². The van der Waals surface area contributed by atoms with Gasteiger partial charge in [0.25, 0.3) is 0 Å². The number of aromatic carboxylic acids is 1. The summed E-state index contributed by atoms with van der Waals surface area (Å²) in [6.45, 7) is 1.80. The Morgan fingerprint density at radius 3 is 2.61 bits per heavy atom. The van der Waals surface area contributed by atoms with Gasteiger partial charge in [0.15, 0.2) is 0 Å². The third-order valence-corrected chi connectivity index (χ3v) is 4.60. The Bertz CT molecular complexity index is 477. The van der Waals surface area contributed by atoms with Gasteiger partial charge in [-0.05, 0) is 43.5 Å². The molecule has 0 radical (unpaired) electrons. The van der Waals surface area contributed by atoms with E-state index in [1.807, 2.05) is 6.07 Å². The lowest BCUT2D eigenvalue weighted by Crippen LogP contribution is -2.29. The minimum atomic E-state index is -0.896. The van der Waals surface area contributed by atoms with Crippen molar-refractivity contribution in [1.29, 1.82) is 0 Å². The van der Waals surface area contributed by atoms with Gasteiger partial charge in [0.2, 0.25) is 0 Å². The molecule has 18 heavy (non-hydrogen) atoms. The number of anilines is 1. The number of aryl methyl sites for hydroxylation is 1. The van der Waals surface area contributed by atoms with Crippen LogP contribution < -0.4 is 5.32 Å². The summed E-state index contributed by atoms with van der Waals surface area (Å²) in [6, 6.07) is 5.62. The molecule has 0 aromatic heterocycles. The molecule has 1 aliphatic heterocycles. The van der Waals surface area contributed by atoms with Gasteiger partial charge in [-0.3, -0.25) is 4.21 Å². The van der Waals surface area contributed by atoms with Crippen LogP contribution in [0.4, 0.5) is 5.69 Å². The molecule has 1 aromatic carbocycles. The highest BCUT2D eigenvalue weighted by Crippen LogP contribution is 2.19. The van der Waals surface area contributed by atoms with Gasteiger partial charge in [0, 0.05) is 34.0 Å². The van der Waals surface area contributed by atoms with Gasteiger partial charge in [0.05, 0.1) is 5.56 Å². The van der Waals surface area contributed by atoms with Crippen molar-refractivity contribution in [3.8, 4) is 0 Å². The lowest BCUT2D eigenvalue weighted by atomic mass is 10.1. The molecule has 1 heterocycles. The largest absolute Gasteiger partial charge is 0.478 e. The summed E-state index contributed by atoms with van der Waals surface area (Å²) in [6.07, 6.45) is 1.82. The zero-order chi connectivity index (χ0) is 13.1. The predicted molar refractivity (Wildman–Crippen MR) is 72.7 cm³/mol. The van der Waals surface area contributed by atoms with Crippen molar-refractivity contribution >= 4 is 22.5 Å². The van der Waals surface area contributed by atoms with E-state index in [0.29, 0.717) is 11.6 Å². The van der Waals surface area contributed by atoms with Crippen LogP contribution in [0.15, 0.2) is 18.2 Å². The first-order valence-electron chi connectivity index (χ1n) is 6.01. The van der Waals surface area contributed by atoms with Crippen molar-refractivity contribution in [3.05, 3.63) is 29.3 Å². The first-order valence-corrected chi connectivity index (χ1v) is 7.50. The molecule has 0 bridgehead atoms. The molecule has 5 heteroatoms. The third kappa shape index (κ3) is 3.10. The number of carboxylic acids is 1. The minimum absolute atomic E-state index is 0.338. The molecule has 2 N–H and O–H groups in total. The standard InChI is InChI=1S/C13H17NO3S/c1-9-8-11(2-3-12(9)13(15)16)14-10-4-6-18(17)7-5-10/h2-3,8,10,14H,4-7H2,1H3,(H,15,16). The number of benzene rings is 1. The van der Waals surface area contributed by atoms with Crippen LogP contribution >= 0.6 is 0 Å². The highest BCUT2D eigenvalue weighted by molar-refractivity contribution is 7.85. The fourth-order valence-electron chi connectivity index (χ4n) is 2.17. The molecule has 0 spiro atoms. The Labute approximate surface area is 109 Å². The molecule has 0 unspecified atom stereocenters. The van der Waals surface area contributed by atoms with Crippen molar-refractivity contribution in [2.75, 3.05) is 16.8 Å². The maximum atomic E-state index is 11.3. The SMILES string of the molecule is Cc1cc(NC2CCS(=O)CC2)ccc1C(=O)O. The van der Waals surface area contributed by atoms with Crippen LogP contribution in [0, 0.1) is 6.92 Å². The summed E-state index contributed by atoms with van der Waals surface area (Å²) in [7, 11) is -0.651. The van der Waals surface area contributed by atoms with E-state index in [-0.39, 0.29) is 0 Å². The summed E-state index contributed by atoms with van der Waals surface area (Å²) in [4.78, 5) is 10.9. The minimum Gasteiger partial charge on any atom is -0.478 e. The summed E-state index contributed by atoms with van der Waals surface area (Å²) < 4.78 is 11.3. The number of rotatable bonds is 3. The Balaban J connectivity index is 2.04. The lowest BCUT2D eigenvalue weighted by molar-refractivity contribution is 0.0696. The van der Waals surface area contributed by atoms with E-state index in [2.05, 4.69) is 5.32 Å². The second-order valence-corrected chi connectivity index (χ2v) is 6.30. The van der Waals surface area contributed by atoms with Gasteiger partial charge in [-0.15, -0.1) is 0 Å². The fourth-order valence-corrected chi connectivity index (χ4v) is 3.47. The van der Waals surface area contributed by atoms with Crippen LogP contribution in [-0.4, -0.2) is 32.8 Å². The van der Waals surface area contributed by atoms with E-state index in [1.54, 1.807) is 19.1 Å². The number of hydrogen-bond donors (Lipinski definition) is 2. The average Bonchev–Trinajstić information content (AvgIpc) is 2.32. The molecule has 4 nitrogen and oxygen atoms in total. The van der Waals surface area contributed by atoms with E-state index in [4.69, 9.17) is 5.11 Å². The van der Waals surface area contributed by atoms with Crippen LogP contribution in [-0.2, 0) is 10.8 Å². The number of carbonyl (C=O) groups is 1. The first kappa shape index (κ1) is 13.1. The predicted octanol–water partition coefficient (Wildman–Crippen LogP) is 2.02. The van der Waals surface area contributed by atoms with Gasteiger partial charge in [-0.2, -0.15) is 0 Å². The van der Waals surface area contributed by atoms with Crippen molar-refractivity contribution in [3.63, 3.8) is 0 Å². The van der Waals surface area contributed by atoms with E-state index in [9.17, 15) is 9.00 Å². The maximum Gasteiger partial charge on any atom is 0.335 e. The van der Waals surface area contributed by atoms with E-state index in [0.717, 1.165) is 35.6 Å². The molecule has 1 saturated heterocycles. The molecule has 1 fully saturated rings. The summed E-state index contributed by atoms with van der Waals surface area (Å²) in [5, 5.41) is 12.3. The molecule has 2 rings (SSSR count). The Hall–Kier alpha value is -1.36. The second kappa shape index (κ2) is 5.52. The summed E-state index contributed by atoms with van der Waals surface area (Å²) in [5.74, 6) is 0.611. The highest BCUT2D eigenvalue weighted by Gasteiger charge is 2.17. The molecule has 0 amide bonds. The molecule has 0 saturated carbocycles. The monoisotopic (exact) mass is 267 g/mol. The highest BCUT2D eigenvalue weighted by atomic mass is 32.2. The van der Waals surface area contributed by atoms with Crippen molar-refractivity contribution in [1.82, 2.24) is 0 Å². The van der Waals surface area contributed by atoms with E-state index >= 15 is 0 Å². The molecule has 0 atom stereocenters. The average molecular weight is 267 g/mol. The van der Waals surface area contributed by atoms with Gasteiger partial charge < -0.3 is 10.4 Å². The number of carboxylic acid groups (broad SMARTS) is 1. The van der Waals surface area contributed by atoms with Gasteiger partial charge in [-0.25, -0.2) is 4.79 Å². The third-order valence-electron chi connectivity index (χ3n) is 3.22. The van der Waals surface area contributed by atoms with E-state index < -0.39 is 16.8 Å². The van der Waals surface area contributed by atoms with Crippen LogP contribution in [0.1, 0.15) is 28.8 Å². The fraction of sp³-hybridized carbons (Fsp3) is 0.462. The lowest BCUT2D eigenvalue weighted by Gasteiger charge is -2.23. The Kier molecular flexibility index (Phi) is 4.01. The second-order valence-electron chi connectivity index (χ2n) is 4.60. The maximum absolute atomic E-state index is 11.3. The molecule has 0 aliphatic carbocycles. The van der Waals surface area contributed by atoms with E-state index in [1.165, 1.54) is 0 Å². The quantitative estimate of drug-likeness (QED) is 0.879. The number of nitrogens with one attached hydrogen (secondary N) is 1. The zero-order valence-corrected chi connectivity index (χ0v) is 11.1. The van der Waals surface area contributed by atoms with Crippen LogP contribution in [0.2, 0.25) is 0 Å². The summed E-state index contributed by atoms with van der Waals surface area (Å²) in [5.41, 5.74) is 2.03. The van der Waals surface area contributed by atoms with Crippen molar-refractivity contribution in [2.45, 2.75) is 25.8 Å². The molecule has 98 valence electrons. The molecular weight excluding hydrogens is 250 g/mol. The molecule has 1 aromatic rings. The van der Waals surface area contributed by atoms with Crippen LogP contribution in [0.5, 0.6) is 0 Å². The first-order chi connectivity index (χ1) is 8.56. The topological polar surface area (TPSA) is 66.4 Å². The normalized spacial score (nSPS) is 23.6. The smallest absolute Gasteiger partial charge is 0.335 e. The van der Waals surface area contributed by atoms with Crippen LogP contribution in [0.25, 0.3) is 0 Å². The van der Waals surface area contributed by atoms with Crippen molar-refractivity contribution in [2.24, 2.45) is 0 Å². The zero-order valence-electron chi connectivity index (χ0n) is 10.3. The van der Waals surface area contributed by atoms with Crippen molar-refractivity contribution < 1.29 is 14.1 Å². The van der Waals surface area contributed by atoms with Gasteiger partial charge >= 0.3 is 5.97 Å². The van der Waals surface area contributed by atoms with Crippen LogP contribution in [0.3, 0.4) is 0 Å².